The molecule has 0 bridgehead atoms. The largest absolute Gasteiger partial charge is 0.334 e. The van der Waals surface area contributed by atoms with Crippen LogP contribution in [0.3, 0.4) is 0 Å². The van der Waals surface area contributed by atoms with Crippen LogP contribution in [0.1, 0.15) is 36.1 Å². The fraction of sp³-hybridized carbons (Fsp3) is 0.381. The molecule has 25 heavy (non-hydrogen) atoms. The molecule has 0 atom stereocenters. The lowest BCUT2D eigenvalue weighted by Gasteiger charge is -2.20. The number of hydrogen-bond acceptors (Lipinski definition) is 2. The van der Waals surface area contributed by atoms with Crippen molar-refractivity contribution in [2.75, 3.05) is 13.1 Å². The van der Waals surface area contributed by atoms with Gasteiger partial charge in [0.2, 0.25) is 0 Å². The number of carbonyl (C=O) groups is 1. The molecule has 0 aliphatic heterocycles. The van der Waals surface area contributed by atoms with Gasteiger partial charge in [-0.1, -0.05) is 67.9 Å². The van der Waals surface area contributed by atoms with E-state index in [1.165, 1.54) is 16.7 Å². The molecule has 0 aromatic heterocycles. The van der Waals surface area contributed by atoms with E-state index in [1.54, 1.807) is 0 Å². The van der Waals surface area contributed by atoms with E-state index in [9.17, 15) is 4.79 Å². The van der Waals surface area contributed by atoms with Gasteiger partial charge in [-0.2, -0.15) is 0 Å². The van der Waals surface area contributed by atoms with Crippen LogP contribution >= 0.6 is 0 Å². The number of hydrogen-bond donors (Lipinski definition) is 2. The average molecular weight is 339 g/mol. The van der Waals surface area contributed by atoms with Crippen LogP contribution in [0.2, 0.25) is 0 Å². The number of nitrogens with one attached hydrogen (secondary N) is 2. The van der Waals surface area contributed by atoms with Gasteiger partial charge < -0.3 is 10.6 Å². The van der Waals surface area contributed by atoms with Crippen LogP contribution in [0.5, 0.6) is 0 Å². The van der Waals surface area contributed by atoms with Gasteiger partial charge in [0.15, 0.2) is 0 Å². The maximum atomic E-state index is 12.1. The van der Waals surface area contributed by atoms with Gasteiger partial charge in [0.1, 0.15) is 0 Å². The first-order valence-corrected chi connectivity index (χ1v) is 8.98. The molecule has 2 rings (SSSR count). The highest BCUT2D eigenvalue weighted by Crippen LogP contribution is 2.11. The second-order valence-electron chi connectivity index (χ2n) is 6.25. The zero-order valence-electron chi connectivity index (χ0n) is 15.5. The summed E-state index contributed by atoms with van der Waals surface area (Å²) in [6, 6.07) is 16.3. The molecule has 0 fully saturated rings. The number of nitrogens with zero attached hydrogens (tertiary/aromatic N) is 1. The number of carbonyl (C=O) groups excluding carboxylic acids is 1. The highest BCUT2D eigenvalue weighted by molar-refractivity contribution is 5.73. The van der Waals surface area contributed by atoms with E-state index in [2.05, 4.69) is 66.6 Å². The molecular formula is C21H29N3O. The topological polar surface area (TPSA) is 44.4 Å². The molecule has 4 nitrogen and oxygen atoms in total. The zero-order chi connectivity index (χ0) is 18.1. The van der Waals surface area contributed by atoms with Gasteiger partial charge in [-0.15, -0.1) is 0 Å². The maximum absolute atomic E-state index is 12.1. The molecule has 2 N–H and O–H groups in total. The van der Waals surface area contributed by atoms with Gasteiger partial charge in [-0.3, -0.25) is 4.90 Å². The lowest BCUT2D eigenvalue weighted by Crippen LogP contribution is -2.35. The normalized spacial score (nSPS) is 10.7. The summed E-state index contributed by atoms with van der Waals surface area (Å²) in [6.07, 6.45) is 0. The van der Waals surface area contributed by atoms with Gasteiger partial charge >= 0.3 is 6.03 Å². The van der Waals surface area contributed by atoms with E-state index in [1.807, 2.05) is 18.2 Å². The molecular weight excluding hydrogens is 310 g/mol. The van der Waals surface area contributed by atoms with Crippen LogP contribution in [-0.2, 0) is 19.6 Å². The molecule has 0 saturated carbocycles. The van der Waals surface area contributed by atoms with Crippen molar-refractivity contribution in [2.45, 2.75) is 40.4 Å². The minimum Gasteiger partial charge on any atom is -0.334 e. The molecule has 0 radical (unpaired) electrons. The van der Waals surface area contributed by atoms with E-state index < -0.39 is 0 Å². The predicted molar refractivity (Wildman–Crippen MR) is 103 cm³/mol. The minimum atomic E-state index is -0.141. The molecule has 4 heteroatoms. The van der Waals surface area contributed by atoms with E-state index in [4.69, 9.17) is 0 Å². The highest BCUT2D eigenvalue weighted by atomic mass is 16.2. The number of amides is 2. The van der Waals surface area contributed by atoms with Crippen LogP contribution in [0, 0.1) is 6.92 Å². The van der Waals surface area contributed by atoms with Crippen LogP contribution in [0.25, 0.3) is 0 Å². The molecule has 2 aromatic rings. The van der Waals surface area contributed by atoms with E-state index >= 15 is 0 Å². The fourth-order valence-corrected chi connectivity index (χ4v) is 2.70. The Morgan fingerprint density at radius 3 is 2.12 bits per heavy atom. The van der Waals surface area contributed by atoms with Gasteiger partial charge in [0.05, 0.1) is 0 Å². The molecule has 2 aromatic carbocycles. The fourth-order valence-electron chi connectivity index (χ4n) is 2.70. The summed E-state index contributed by atoms with van der Waals surface area (Å²) in [5.74, 6) is 0. The third kappa shape index (κ3) is 6.24. The molecule has 0 aliphatic rings. The third-order valence-electron chi connectivity index (χ3n) is 4.42. The lowest BCUT2D eigenvalue weighted by molar-refractivity contribution is 0.240. The van der Waals surface area contributed by atoms with Gasteiger partial charge in [-0.05, 0) is 36.7 Å². The number of rotatable bonds is 8. The molecule has 0 saturated heterocycles. The summed E-state index contributed by atoms with van der Waals surface area (Å²) in [6.45, 7) is 10.4. The Kier molecular flexibility index (Phi) is 7.48. The third-order valence-corrected chi connectivity index (χ3v) is 4.42. The second kappa shape index (κ2) is 9.84. The second-order valence-corrected chi connectivity index (χ2v) is 6.25. The number of benzene rings is 2. The Morgan fingerprint density at radius 1 is 0.880 bits per heavy atom. The first-order chi connectivity index (χ1) is 12.1. The Hall–Kier alpha value is -2.33. The molecule has 0 heterocycles. The molecule has 2 amide bonds. The molecule has 0 spiro atoms. The molecule has 0 aliphatic carbocycles. The Bertz CT molecular complexity index is 663. The average Bonchev–Trinajstić information content (AvgIpc) is 2.64. The minimum absolute atomic E-state index is 0.141. The predicted octanol–water partition coefficient (Wildman–Crippen LogP) is 3.84. The van der Waals surface area contributed by atoms with E-state index in [-0.39, 0.29) is 6.03 Å². The first kappa shape index (κ1) is 19.0. The Morgan fingerprint density at radius 2 is 1.48 bits per heavy atom. The molecule has 0 unspecified atom stereocenters. The van der Waals surface area contributed by atoms with Crippen molar-refractivity contribution in [2.24, 2.45) is 0 Å². The lowest BCUT2D eigenvalue weighted by atomic mass is 10.1. The first-order valence-electron chi connectivity index (χ1n) is 8.98. The molecule has 134 valence electrons. The summed E-state index contributed by atoms with van der Waals surface area (Å²) in [5.41, 5.74) is 4.76. The van der Waals surface area contributed by atoms with Gasteiger partial charge in [0.25, 0.3) is 0 Å². The summed E-state index contributed by atoms with van der Waals surface area (Å²) >= 11 is 0. The van der Waals surface area contributed by atoms with Crippen LogP contribution in [0.15, 0.2) is 48.5 Å². The van der Waals surface area contributed by atoms with Crippen molar-refractivity contribution >= 4 is 6.03 Å². The van der Waals surface area contributed by atoms with Crippen LogP contribution in [0.4, 0.5) is 4.79 Å². The highest BCUT2D eigenvalue weighted by Gasteiger charge is 2.07. The van der Waals surface area contributed by atoms with Crippen molar-refractivity contribution in [1.82, 2.24) is 15.5 Å². The summed E-state index contributed by atoms with van der Waals surface area (Å²) in [5, 5.41) is 5.87. The van der Waals surface area contributed by atoms with E-state index in [0.29, 0.717) is 13.1 Å². The monoisotopic (exact) mass is 339 g/mol. The van der Waals surface area contributed by atoms with Crippen LogP contribution in [-0.4, -0.2) is 24.0 Å². The summed E-state index contributed by atoms with van der Waals surface area (Å²) < 4.78 is 0. The van der Waals surface area contributed by atoms with Crippen molar-refractivity contribution < 1.29 is 4.79 Å². The summed E-state index contributed by atoms with van der Waals surface area (Å²) in [4.78, 5) is 14.4. The standard InChI is InChI=1S/C21H29N3O/c1-4-24(5-2)16-20-9-7-6-8-19(20)15-23-21(25)22-14-18-12-10-17(3)11-13-18/h6-13H,4-5,14-16H2,1-3H3,(H2,22,23,25). The van der Waals surface area contributed by atoms with Crippen molar-refractivity contribution in [3.8, 4) is 0 Å². The summed E-state index contributed by atoms with van der Waals surface area (Å²) in [7, 11) is 0. The van der Waals surface area contributed by atoms with Gasteiger partial charge in [-0.25, -0.2) is 4.79 Å². The van der Waals surface area contributed by atoms with Crippen molar-refractivity contribution in [3.63, 3.8) is 0 Å². The van der Waals surface area contributed by atoms with E-state index in [0.717, 1.165) is 25.2 Å². The Labute approximate surface area is 151 Å². The number of urea groups is 1. The zero-order valence-corrected chi connectivity index (χ0v) is 15.5. The van der Waals surface area contributed by atoms with Crippen molar-refractivity contribution in [1.29, 1.82) is 0 Å². The van der Waals surface area contributed by atoms with Crippen molar-refractivity contribution in [3.05, 3.63) is 70.8 Å². The smallest absolute Gasteiger partial charge is 0.315 e. The quantitative estimate of drug-likeness (QED) is 0.767. The number of aryl methyl sites for hydroxylation is 1. The van der Waals surface area contributed by atoms with Gasteiger partial charge in [0, 0.05) is 19.6 Å². The maximum Gasteiger partial charge on any atom is 0.315 e. The SMILES string of the molecule is CCN(CC)Cc1ccccc1CNC(=O)NCc1ccc(C)cc1. The Balaban J connectivity index is 1.85. The van der Waals surface area contributed by atoms with Crippen LogP contribution < -0.4 is 10.6 Å².